The lowest BCUT2D eigenvalue weighted by atomic mass is 10.1. The minimum Gasteiger partial charge on any atom is -0.497 e. The number of carbonyl (C=O) groups is 2. The van der Waals surface area contributed by atoms with Crippen molar-refractivity contribution >= 4 is 17.4 Å². The normalized spacial score (nSPS) is 11.0. The summed E-state index contributed by atoms with van der Waals surface area (Å²) in [5.74, 6) is -1.42. The Bertz CT molecular complexity index is 525. The van der Waals surface area contributed by atoms with Crippen molar-refractivity contribution < 1.29 is 23.5 Å². The Balaban J connectivity index is 2.95. The minimum atomic E-state index is -0.680. The van der Waals surface area contributed by atoms with E-state index in [4.69, 9.17) is 10.5 Å². The van der Waals surface area contributed by atoms with Crippen LogP contribution in [0.25, 0.3) is 5.70 Å². The number of allylic oxidation sites excluding steroid dienone is 1. The first kappa shape index (κ1) is 14.7. The molecule has 0 unspecified atom stereocenters. The highest BCUT2D eigenvalue weighted by atomic mass is 19.1. The average molecular weight is 267 g/mol. The molecule has 0 fully saturated rings. The van der Waals surface area contributed by atoms with Crippen molar-refractivity contribution in [3.05, 3.63) is 35.7 Å². The summed E-state index contributed by atoms with van der Waals surface area (Å²) >= 11 is 0. The van der Waals surface area contributed by atoms with Crippen LogP contribution >= 0.6 is 0 Å². The third kappa shape index (κ3) is 4.09. The Morgan fingerprint density at radius 3 is 2.63 bits per heavy atom. The highest BCUT2D eigenvalue weighted by Gasteiger charge is 2.11. The number of ketones is 1. The molecule has 19 heavy (non-hydrogen) atoms. The monoisotopic (exact) mass is 267 g/mol. The first-order valence-electron chi connectivity index (χ1n) is 5.38. The number of halogens is 1. The molecule has 0 spiro atoms. The number of rotatable bonds is 5. The topological polar surface area (TPSA) is 78.6 Å². The molecule has 0 amide bonds. The van der Waals surface area contributed by atoms with E-state index in [1.807, 2.05) is 0 Å². The number of hydrogen-bond acceptors (Lipinski definition) is 5. The Labute approximate surface area is 109 Å². The van der Waals surface area contributed by atoms with Gasteiger partial charge in [-0.1, -0.05) is 0 Å². The van der Waals surface area contributed by atoms with Crippen LogP contribution in [0.4, 0.5) is 4.39 Å². The minimum absolute atomic E-state index is 0.0394. The highest BCUT2D eigenvalue weighted by molar-refractivity contribution is 6.05. The molecule has 0 aliphatic rings. The fourth-order valence-electron chi connectivity index (χ4n) is 1.37. The summed E-state index contributed by atoms with van der Waals surface area (Å²) in [7, 11) is 2.60. The highest BCUT2D eigenvalue weighted by Crippen LogP contribution is 2.20. The van der Waals surface area contributed by atoms with Crippen LogP contribution in [0.15, 0.2) is 24.3 Å². The van der Waals surface area contributed by atoms with Crippen LogP contribution < -0.4 is 10.5 Å². The predicted molar refractivity (Wildman–Crippen MR) is 66.8 cm³/mol. The van der Waals surface area contributed by atoms with Crippen LogP contribution in [0.1, 0.15) is 12.0 Å². The van der Waals surface area contributed by atoms with Crippen LogP contribution in [0, 0.1) is 5.82 Å². The van der Waals surface area contributed by atoms with Gasteiger partial charge in [-0.3, -0.25) is 9.59 Å². The maximum Gasteiger partial charge on any atom is 0.313 e. The Morgan fingerprint density at radius 2 is 2.05 bits per heavy atom. The summed E-state index contributed by atoms with van der Waals surface area (Å²) in [4.78, 5) is 22.4. The zero-order valence-electron chi connectivity index (χ0n) is 10.6. The molecule has 0 radical (unpaired) electrons. The molecule has 0 bridgehead atoms. The molecule has 0 heterocycles. The van der Waals surface area contributed by atoms with Crippen molar-refractivity contribution in [1.29, 1.82) is 0 Å². The van der Waals surface area contributed by atoms with Gasteiger partial charge in [0.1, 0.15) is 18.0 Å². The molecule has 0 saturated heterocycles. The van der Waals surface area contributed by atoms with Gasteiger partial charge in [-0.25, -0.2) is 4.39 Å². The number of hydrogen-bond donors (Lipinski definition) is 1. The van der Waals surface area contributed by atoms with E-state index in [1.54, 1.807) is 0 Å². The lowest BCUT2D eigenvalue weighted by molar-refractivity contribution is -0.142. The first-order valence-corrected chi connectivity index (χ1v) is 5.38. The molecule has 0 saturated carbocycles. The average Bonchev–Trinajstić information content (AvgIpc) is 2.38. The maximum atomic E-state index is 13.6. The standard InChI is InChI=1S/C13H14FNO4/c1-18-9-3-4-11(14)10(7-9)12(15)5-8(16)6-13(17)19-2/h3-5,7H,6,15H2,1-2H3/b12-5-. The van der Waals surface area contributed by atoms with Gasteiger partial charge in [0.15, 0.2) is 5.78 Å². The molecule has 0 aliphatic carbocycles. The fraction of sp³-hybridized carbons (Fsp3) is 0.231. The smallest absolute Gasteiger partial charge is 0.313 e. The van der Waals surface area contributed by atoms with E-state index in [2.05, 4.69) is 4.74 Å². The van der Waals surface area contributed by atoms with Gasteiger partial charge in [0.2, 0.25) is 0 Å². The number of methoxy groups -OCH3 is 2. The van der Waals surface area contributed by atoms with E-state index in [1.165, 1.54) is 32.4 Å². The molecular formula is C13H14FNO4. The van der Waals surface area contributed by atoms with E-state index in [0.29, 0.717) is 5.75 Å². The number of esters is 1. The second-order valence-electron chi connectivity index (χ2n) is 3.66. The summed E-state index contributed by atoms with van der Waals surface area (Å²) in [6, 6.07) is 3.98. The SMILES string of the molecule is COC(=O)CC(=O)/C=C(\N)c1cc(OC)ccc1F. The van der Waals surface area contributed by atoms with Crippen LogP contribution in [-0.4, -0.2) is 26.0 Å². The lowest BCUT2D eigenvalue weighted by Gasteiger charge is -2.06. The molecule has 0 aliphatic heterocycles. The van der Waals surface area contributed by atoms with E-state index in [-0.39, 0.29) is 11.3 Å². The third-order valence-corrected chi connectivity index (χ3v) is 2.35. The number of benzene rings is 1. The molecule has 5 nitrogen and oxygen atoms in total. The van der Waals surface area contributed by atoms with Crippen molar-refractivity contribution in [1.82, 2.24) is 0 Å². The Hall–Kier alpha value is -2.37. The van der Waals surface area contributed by atoms with Crippen molar-refractivity contribution in [3.63, 3.8) is 0 Å². The van der Waals surface area contributed by atoms with Crippen molar-refractivity contribution in [3.8, 4) is 5.75 Å². The van der Waals surface area contributed by atoms with E-state index in [9.17, 15) is 14.0 Å². The quantitative estimate of drug-likeness (QED) is 0.493. The van der Waals surface area contributed by atoms with Gasteiger partial charge in [0, 0.05) is 17.3 Å². The van der Waals surface area contributed by atoms with Gasteiger partial charge in [-0.15, -0.1) is 0 Å². The fourth-order valence-corrected chi connectivity index (χ4v) is 1.37. The van der Waals surface area contributed by atoms with Crippen molar-refractivity contribution in [2.24, 2.45) is 5.73 Å². The zero-order chi connectivity index (χ0) is 14.4. The number of ether oxygens (including phenoxy) is 2. The van der Waals surface area contributed by atoms with E-state index in [0.717, 1.165) is 6.08 Å². The van der Waals surface area contributed by atoms with Gasteiger partial charge in [-0.2, -0.15) is 0 Å². The summed E-state index contributed by atoms with van der Waals surface area (Å²) in [5, 5.41) is 0. The molecule has 1 aromatic carbocycles. The summed E-state index contributed by atoms with van der Waals surface area (Å²) < 4.78 is 22.8. The maximum absolute atomic E-state index is 13.6. The van der Waals surface area contributed by atoms with E-state index >= 15 is 0 Å². The van der Waals surface area contributed by atoms with Crippen LogP contribution in [-0.2, 0) is 14.3 Å². The van der Waals surface area contributed by atoms with Crippen molar-refractivity contribution in [2.45, 2.75) is 6.42 Å². The van der Waals surface area contributed by atoms with Gasteiger partial charge >= 0.3 is 5.97 Å². The molecule has 1 aromatic rings. The largest absolute Gasteiger partial charge is 0.497 e. The zero-order valence-corrected chi connectivity index (χ0v) is 10.6. The second kappa shape index (κ2) is 6.53. The summed E-state index contributed by atoms with van der Waals surface area (Å²) in [6.07, 6.45) is 0.553. The van der Waals surface area contributed by atoms with Crippen LogP contribution in [0.2, 0.25) is 0 Å². The summed E-state index contributed by atoms with van der Waals surface area (Å²) in [6.45, 7) is 0. The molecule has 1 rings (SSSR count). The number of carbonyl (C=O) groups excluding carboxylic acids is 2. The van der Waals surface area contributed by atoms with Crippen LogP contribution in [0.3, 0.4) is 0 Å². The lowest BCUT2D eigenvalue weighted by Crippen LogP contribution is -2.09. The van der Waals surface area contributed by atoms with Gasteiger partial charge in [0.25, 0.3) is 0 Å². The summed E-state index contributed by atoms with van der Waals surface area (Å²) in [5.41, 5.74) is 5.59. The number of nitrogens with two attached hydrogens (primary N) is 1. The second-order valence-corrected chi connectivity index (χ2v) is 3.66. The Kier molecular flexibility index (Phi) is 5.05. The molecule has 0 atom stereocenters. The van der Waals surface area contributed by atoms with Crippen molar-refractivity contribution in [2.75, 3.05) is 14.2 Å². The van der Waals surface area contributed by atoms with Crippen LogP contribution in [0.5, 0.6) is 5.75 Å². The van der Waals surface area contributed by atoms with Gasteiger partial charge in [-0.05, 0) is 18.2 Å². The van der Waals surface area contributed by atoms with Gasteiger partial charge in [0.05, 0.1) is 14.2 Å². The third-order valence-electron chi connectivity index (χ3n) is 2.35. The molecule has 102 valence electrons. The molecule has 2 N–H and O–H groups in total. The Morgan fingerprint density at radius 1 is 1.37 bits per heavy atom. The molecule has 6 heteroatoms. The van der Waals surface area contributed by atoms with E-state index < -0.39 is 24.0 Å². The first-order chi connectivity index (χ1) is 8.97. The molecule has 0 aromatic heterocycles. The molecular weight excluding hydrogens is 253 g/mol. The predicted octanol–water partition coefficient (Wildman–Crippen LogP) is 1.27. The van der Waals surface area contributed by atoms with Gasteiger partial charge < -0.3 is 15.2 Å².